The lowest BCUT2D eigenvalue weighted by Gasteiger charge is -2.10. The lowest BCUT2D eigenvalue weighted by atomic mass is 10.2. The minimum Gasteiger partial charge on any atom is -0.452 e. The lowest BCUT2D eigenvalue weighted by molar-refractivity contribution is -0.119. The number of nitrogens with zero attached hydrogens (tertiary/aromatic N) is 2. The van der Waals surface area contributed by atoms with Gasteiger partial charge < -0.3 is 10.1 Å². The van der Waals surface area contributed by atoms with Gasteiger partial charge in [-0.1, -0.05) is 42.5 Å². The van der Waals surface area contributed by atoms with Crippen molar-refractivity contribution in [2.45, 2.75) is 25.3 Å². The SMILES string of the molecule is CSc1ccccc1NC(=O)COC(=O)c1c(C)nn(Cc2ccccc2)c1C. The van der Waals surface area contributed by atoms with Crippen molar-refractivity contribution in [3.05, 3.63) is 77.1 Å². The fraction of sp³-hybridized carbons (Fsp3) is 0.227. The summed E-state index contributed by atoms with van der Waals surface area (Å²) in [6.45, 7) is 3.80. The van der Waals surface area contributed by atoms with Crippen molar-refractivity contribution in [3.63, 3.8) is 0 Å². The van der Waals surface area contributed by atoms with Gasteiger partial charge in [0.05, 0.1) is 23.6 Å². The van der Waals surface area contributed by atoms with Gasteiger partial charge in [-0.3, -0.25) is 9.48 Å². The molecule has 1 N–H and O–H groups in total. The molecule has 0 aliphatic heterocycles. The number of aryl methyl sites for hydroxylation is 1. The molecule has 0 unspecified atom stereocenters. The molecule has 3 aromatic rings. The van der Waals surface area contributed by atoms with Crippen LogP contribution in [0.3, 0.4) is 0 Å². The van der Waals surface area contributed by atoms with Crippen LogP contribution in [0, 0.1) is 13.8 Å². The molecule has 29 heavy (non-hydrogen) atoms. The number of carbonyl (C=O) groups is 2. The van der Waals surface area contributed by atoms with Crippen LogP contribution in [0.2, 0.25) is 0 Å². The van der Waals surface area contributed by atoms with Crippen LogP contribution in [0.25, 0.3) is 0 Å². The van der Waals surface area contributed by atoms with Gasteiger partial charge in [0, 0.05) is 4.90 Å². The minimum atomic E-state index is -0.549. The molecular formula is C22H23N3O3S. The Morgan fingerprint density at radius 2 is 1.76 bits per heavy atom. The first-order chi connectivity index (χ1) is 14.0. The average molecular weight is 410 g/mol. The first kappa shape index (κ1) is 20.7. The van der Waals surface area contributed by atoms with Gasteiger partial charge in [0.1, 0.15) is 5.56 Å². The van der Waals surface area contributed by atoms with Crippen molar-refractivity contribution in [2.24, 2.45) is 0 Å². The smallest absolute Gasteiger partial charge is 0.342 e. The molecule has 0 fully saturated rings. The molecule has 0 radical (unpaired) electrons. The number of aromatic nitrogens is 2. The maximum absolute atomic E-state index is 12.6. The van der Waals surface area contributed by atoms with Crippen molar-refractivity contribution >= 4 is 29.3 Å². The van der Waals surface area contributed by atoms with Gasteiger partial charge in [-0.15, -0.1) is 11.8 Å². The number of anilines is 1. The van der Waals surface area contributed by atoms with Crippen LogP contribution in [0.4, 0.5) is 5.69 Å². The predicted molar refractivity (Wildman–Crippen MR) is 114 cm³/mol. The molecule has 1 amide bonds. The number of esters is 1. The Kier molecular flexibility index (Phi) is 6.72. The van der Waals surface area contributed by atoms with E-state index in [1.807, 2.05) is 67.8 Å². The van der Waals surface area contributed by atoms with Gasteiger partial charge >= 0.3 is 5.97 Å². The van der Waals surface area contributed by atoms with Crippen molar-refractivity contribution in [1.82, 2.24) is 9.78 Å². The highest BCUT2D eigenvalue weighted by Gasteiger charge is 2.21. The Morgan fingerprint density at radius 3 is 2.48 bits per heavy atom. The Bertz CT molecular complexity index is 1020. The van der Waals surface area contributed by atoms with E-state index in [0.717, 1.165) is 10.5 Å². The largest absolute Gasteiger partial charge is 0.452 e. The zero-order chi connectivity index (χ0) is 20.8. The van der Waals surface area contributed by atoms with Gasteiger partial charge in [-0.2, -0.15) is 5.10 Å². The Labute approximate surface area is 174 Å². The van der Waals surface area contributed by atoms with Crippen molar-refractivity contribution < 1.29 is 14.3 Å². The molecule has 2 aromatic carbocycles. The topological polar surface area (TPSA) is 73.2 Å². The van der Waals surface area contributed by atoms with Crippen LogP contribution >= 0.6 is 11.8 Å². The summed E-state index contributed by atoms with van der Waals surface area (Å²) in [5, 5.41) is 7.23. The summed E-state index contributed by atoms with van der Waals surface area (Å²) in [7, 11) is 0. The van der Waals surface area contributed by atoms with E-state index < -0.39 is 5.97 Å². The molecule has 0 aliphatic carbocycles. The summed E-state index contributed by atoms with van der Waals surface area (Å²) in [5.74, 6) is -0.931. The predicted octanol–water partition coefficient (Wildman–Crippen LogP) is 4.07. The first-order valence-corrected chi connectivity index (χ1v) is 10.4. The number of carbonyl (C=O) groups excluding carboxylic acids is 2. The molecule has 0 aliphatic rings. The summed E-state index contributed by atoms with van der Waals surface area (Å²) in [4.78, 5) is 25.7. The van der Waals surface area contributed by atoms with E-state index in [0.29, 0.717) is 29.2 Å². The fourth-order valence-electron chi connectivity index (χ4n) is 3.04. The third-order valence-electron chi connectivity index (χ3n) is 4.48. The average Bonchev–Trinajstić information content (AvgIpc) is 3.00. The maximum Gasteiger partial charge on any atom is 0.342 e. The van der Waals surface area contributed by atoms with Crippen LogP contribution in [0.15, 0.2) is 59.5 Å². The van der Waals surface area contributed by atoms with Gasteiger partial charge in [0.15, 0.2) is 6.61 Å². The third-order valence-corrected chi connectivity index (χ3v) is 5.27. The number of thioether (sulfide) groups is 1. The van der Waals surface area contributed by atoms with Gasteiger partial charge in [-0.25, -0.2) is 4.79 Å². The van der Waals surface area contributed by atoms with E-state index >= 15 is 0 Å². The highest BCUT2D eigenvalue weighted by atomic mass is 32.2. The van der Waals surface area contributed by atoms with Crippen LogP contribution in [-0.4, -0.2) is 34.5 Å². The van der Waals surface area contributed by atoms with Gasteiger partial charge in [-0.05, 0) is 37.8 Å². The van der Waals surface area contributed by atoms with Crippen LogP contribution in [-0.2, 0) is 16.1 Å². The summed E-state index contributed by atoms with van der Waals surface area (Å²) in [6, 6.07) is 17.4. The Morgan fingerprint density at radius 1 is 1.07 bits per heavy atom. The number of nitrogens with one attached hydrogen (secondary N) is 1. The second kappa shape index (κ2) is 9.43. The molecule has 150 valence electrons. The van der Waals surface area contributed by atoms with Crippen LogP contribution in [0.1, 0.15) is 27.3 Å². The van der Waals surface area contributed by atoms with Gasteiger partial charge in [0.2, 0.25) is 0 Å². The monoisotopic (exact) mass is 409 g/mol. The van der Waals surface area contributed by atoms with E-state index in [1.165, 1.54) is 11.8 Å². The molecule has 6 nitrogen and oxygen atoms in total. The van der Waals surface area contributed by atoms with E-state index in [-0.39, 0.29) is 12.5 Å². The number of benzene rings is 2. The van der Waals surface area contributed by atoms with E-state index in [2.05, 4.69) is 10.4 Å². The number of amides is 1. The van der Waals surface area contributed by atoms with Gasteiger partial charge in [0.25, 0.3) is 5.91 Å². The number of hydrogen-bond acceptors (Lipinski definition) is 5. The normalized spacial score (nSPS) is 10.6. The second-order valence-corrected chi connectivity index (χ2v) is 7.36. The summed E-state index contributed by atoms with van der Waals surface area (Å²) in [5.41, 5.74) is 3.48. The molecule has 0 bridgehead atoms. The molecule has 0 saturated heterocycles. The van der Waals surface area contributed by atoms with Crippen LogP contribution in [0.5, 0.6) is 0 Å². The standard InChI is InChI=1S/C22H23N3O3S/c1-15-21(16(2)25(24-15)13-17-9-5-4-6-10-17)22(27)28-14-20(26)23-18-11-7-8-12-19(18)29-3/h4-12H,13-14H2,1-3H3,(H,23,26). The van der Waals surface area contributed by atoms with E-state index in [4.69, 9.17) is 4.74 Å². The van der Waals surface area contributed by atoms with Crippen molar-refractivity contribution in [3.8, 4) is 0 Å². The number of hydrogen-bond donors (Lipinski definition) is 1. The molecule has 7 heteroatoms. The second-order valence-electron chi connectivity index (χ2n) is 6.51. The van der Waals surface area contributed by atoms with E-state index in [1.54, 1.807) is 11.6 Å². The van der Waals surface area contributed by atoms with Crippen molar-refractivity contribution in [2.75, 3.05) is 18.2 Å². The quantitative estimate of drug-likeness (QED) is 0.470. The number of para-hydroxylation sites is 1. The number of ether oxygens (including phenoxy) is 1. The molecule has 0 atom stereocenters. The molecule has 1 heterocycles. The lowest BCUT2D eigenvalue weighted by Crippen LogP contribution is -2.21. The Hall–Kier alpha value is -3.06. The Balaban J connectivity index is 1.64. The number of rotatable bonds is 7. The first-order valence-electron chi connectivity index (χ1n) is 9.17. The fourth-order valence-corrected chi connectivity index (χ4v) is 3.59. The summed E-state index contributed by atoms with van der Waals surface area (Å²) < 4.78 is 7.02. The highest BCUT2D eigenvalue weighted by molar-refractivity contribution is 7.98. The molecule has 0 spiro atoms. The minimum absolute atomic E-state index is 0.357. The zero-order valence-corrected chi connectivity index (χ0v) is 17.5. The van der Waals surface area contributed by atoms with Crippen molar-refractivity contribution in [1.29, 1.82) is 0 Å². The third kappa shape index (κ3) is 5.06. The summed E-state index contributed by atoms with van der Waals surface area (Å²) >= 11 is 1.53. The molecular weight excluding hydrogens is 386 g/mol. The van der Waals surface area contributed by atoms with E-state index in [9.17, 15) is 9.59 Å². The summed E-state index contributed by atoms with van der Waals surface area (Å²) in [6.07, 6.45) is 1.93. The molecule has 3 rings (SSSR count). The van der Waals surface area contributed by atoms with Crippen LogP contribution < -0.4 is 5.32 Å². The molecule has 1 aromatic heterocycles. The maximum atomic E-state index is 12.6. The highest BCUT2D eigenvalue weighted by Crippen LogP contribution is 2.24. The molecule has 0 saturated carbocycles. The zero-order valence-electron chi connectivity index (χ0n) is 16.6.